The summed E-state index contributed by atoms with van der Waals surface area (Å²) >= 11 is 1.37. The molecule has 2 aliphatic heterocycles. The molecule has 1 unspecified atom stereocenters. The van der Waals surface area contributed by atoms with Crippen LogP contribution in [-0.2, 0) is 20.7 Å². The van der Waals surface area contributed by atoms with E-state index in [-0.39, 0.29) is 18.0 Å². The number of amides is 1. The van der Waals surface area contributed by atoms with Gasteiger partial charge in [0.25, 0.3) is 5.69 Å². The molecule has 1 atom stereocenters. The number of fused-ring (bicyclic) bond motifs is 1. The van der Waals surface area contributed by atoms with Gasteiger partial charge in [-0.1, -0.05) is 24.8 Å². The van der Waals surface area contributed by atoms with E-state index in [2.05, 4.69) is 15.3 Å². The zero-order valence-corrected chi connectivity index (χ0v) is 20.7. The average Bonchev–Trinajstić information content (AvgIpc) is 3.29. The topological polar surface area (TPSA) is 127 Å². The summed E-state index contributed by atoms with van der Waals surface area (Å²) in [6, 6.07) is 11.0. The third kappa shape index (κ3) is 5.30. The van der Waals surface area contributed by atoms with Gasteiger partial charge in [0.15, 0.2) is 5.17 Å². The SMILES string of the molecule is CCC1=C(C(=O)OC)C(c2ccc([N+](=O)[O-])cc2)N2C(CC(=O)NCCc3ccccn3)=CSC2=N1. The predicted octanol–water partition coefficient (Wildman–Crippen LogP) is 3.88. The number of nitrogens with zero attached hydrogens (tertiary/aromatic N) is 4. The molecule has 0 spiro atoms. The van der Waals surface area contributed by atoms with Crippen LogP contribution in [0.5, 0.6) is 0 Å². The molecule has 1 aromatic carbocycles. The number of nitro groups is 1. The van der Waals surface area contributed by atoms with Gasteiger partial charge < -0.3 is 15.0 Å². The van der Waals surface area contributed by atoms with Crippen molar-refractivity contribution in [3.05, 3.63) is 92.4 Å². The summed E-state index contributed by atoms with van der Waals surface area (Å²) in [4.78, 5) is 47.2. The Bertz CT molecular complexity index is 1260. The van der Waals surface area contributed by atoms with Crippen molar-refractivity contribution in [1.29, 1.82) is 0 Å². The smallest absolute Gasteiger partial charge is 0.338 e. The van der Waals surface area contributed by atoms with Crippen molar-refractivity contribution in [3.8, 4) is 0 Å². The van der Waals surface area contributed by atoms with E-state index >= 15 is 0 Å². The molecule has 2 aliphatic rings. The van der Waals surface area contributed by atoms with Crippen molar-refractivity contribution in [1.82, 2.24) is 15.2 Å². The molecule has 36 heavy (non-hydrogen) atoms. The average molecular weight is 508 g/mol. The van der Waals surface area contributed by atoms with Gasteiger partial charge in [0, 0.05) is 42.7 Å². The van der Waals surface area contributed by atoms with Crippen molar-refractivity contribution in [2.45, 2.75) is 32.2 Å². The van der Waals surface area contributed by atoms with Crippen molar-refractivity contribution in [3.63, 3.8) is 0 Å². The third-order valence-corrected chi connectivity index (χ3v) is 6.71. The summed E-state index contributed by atoms with van der Waals surface area (Å²) in [5, 5.41) is 16.6. The summed E-state index contributed by atoms with van der Waals surface area (Å²) in [5.41, 5.74) is 3.09. The molecular formula is C25H25N5O5S. The summed E-state index contributed by atoms with van der Waals surface area (Å²) in [6.07, 6.45) is 2.89. The molecule has 0 fully saturated rings. The Kier molecular flexibility index (Phi) is 7.79. The molecule has 1 N–H and O–H groups in total. The van der Waals surface area contributed by atoms with Gasteiger partial charge in [-0.2, -0.15) is 0 Å². The Morgan fingerprint density at radius 3 is 2.64 bits per heavy atom. The monoisotopic (exact) mass is 507 g/mol. The van der Waals surface area contributed by atoms with Crippen LogP contribution in [0.15, 0.2) is 76.0 Å². The van der Waals surface area contributed by atoms with Gasteiger partial charge in [0.05, 0.1) is 35.8 Å². The lowest BCUT2D eigenvalue weighted by atomic mass is 9.92. The van der Waals surface area contributed by atoms with Gasteiger partial charge in [-0.25, -0.2) is 9.79 Å². The first-order valence-corrected chi connectivity index (χ1v) is 12.3. The van der Waals surface area contributed by atoms with E-state index in [9.17, 15) is 19.7 Å². The number of ether oxygens (including phenoxy) is 1. The molecule has 1 amide bonds. The Hall–Kier alpha value is -3.99. The molecule has 0 aliphatic carbocycles. The number of non-ortho nitro benzene ring substituents is 1. The molecule has 3 heterocycles. The maximum atomic E-state index is 12.9. The van der Waals surface area contributed by atoms with Crippen LogP contribution in [0, 0.1) is 10.1 Å². The number of methoxy groups -OCH3 is 1. The Morgan fingerprint density at radius 2 is 2.00 bits per heavy atom. The number of hydrogen-bond acceptors (Lipinski definition) is 9. The highest BCUT2D eigenvalue weighted by molar-refractivity contribution is 8.16. The van der Waals surface area contributed by atoms with Crippen molar-refractivity contribution in [2.24, 2.45) is 4.99 Å². The van der Waals surface area contributed by atoms with E-state index in [4.69, 9.17) is 4.74 Å². The first-order chi connectivity index (χ1) is 17.4. The van der Waals surface area contributed by atoms with E-state index in [1.165, 1.54) is 31.0 Å². The van der Waals surface area contributed by atoms with E-state index in [0.717, 1.165) is 5.69 Å². The quantitative estimate of drug-likeness (QED) is 0.308. The van der Waals surface area contributed by atoms with Gasteiger partial charge in [0.1, 0.15) is 0 Å². The standard InChI is InChI=1S/C25H25N5O5S/c1-3-20-22(24(32)35-2)23(16-7-9-18(10-8-16)30(33)34)29-19(15-36-25(29)28-20)14-21(31)27-13-11-17-6-4-5-12-26-17/h4-10,12,15,23H,3,11,13-14H2,1-2H3,(H,27,31). The number of hydrogen-bond donors (Lipinski definition) is 1. The molecule has 0 bridgehead atoms. The highest BCUT2D eigenvalue weighted by atomic mass is 32.2. The number of allylic oxidation sites excluding steroid dienone is 1. The number of amidine groups is 1. The summed E-state index contributed by atoms with van der Waals surface area (Å²) in [7, 11) is 1.30. The zero-order chi connectivity index (χ0) is 25.7. The summed E-state index contributed by atoms with van der Waals surface area (Å²) in [5.74, 6) is -0.708. The van der Waals surface area contributed by atoms with Gasteiger partial charge in [-0.15, -0.1) is 0 Å². The zero-order valence-electron chi connectivity index (χ0n) is 19.8. The molecule has 0 saturated heterocycles. The molecule has 0 radical (unpaired) electrons. The minimum atomic E-state index is -0.636. The van der Waals surface area contributed by atoms with Gasteiger partial charge in [-0.3, -0.25) is 19.9 Å². The molecule has 186 valence electrons. The Labute approximate surface area is 212 Å². The van der Waals surface area contributed by atoms with Crippen LogP contribution in [0.1, 0.15) is 37.1 Å². The molecule has 0 saturated carbocycles. The van der Waals surface area contributed by atoms with Gasteiger partial charge in [-0.05, 0) is 41.7 Å². The van der Waals surface area contributed by atoms with E-state index < -0.39 is 16.9 Å². The van der Waals surface area contributed by atoms with Crippen LogP contribution in [0.2, 0.25) is 0 Å². The molecule has 4 rings (SSSR count). The van der Waals surface area contributed by atoms with Crippen LogP contribution in [-0.4, -0.2) is 45.5 Å². The number of nitro benzene ring substituents is 1. The molecule has 10 nitrogen and oxygen atoms in total. The second-order valence-corrected chi connectivity index (χ2v) is 8.88. The maximum Gasteiger partial charge on any atom is 0.338 e. The lowest BCUT2D eigenvalue weighted by Crippen LogP contribution is -2.38. The van der Waals surface area contributed by atoms with Crippen LogP contribution in [0.25, 0.3) is 0 Å². The van der Waals surface area contributed by atoms with E-state index in [0.29, 0.717) is 47.1 Å². The minimum Gasteiger partial charge on any atom is -0.466 e. The summed E-state index contributed by atoms with van der Waals surface area (Å²) in [6.45, 7) is 2.34. The molecule has 1 aromatic heterocycles. The largest absolute Gasteiger partial charge is 0.466 e. The third-order valence-electron chi connectivity index (χ3n) is 5.82. The summed E-state index contributed by atoms with van der Waals surface area (Å²) < 4.78 is 5.08. The number of nitrogens with one attached hydrogen (secondary N) is 1. The number of benzene rings is 1. The predicted molar refractivity (Wildman–Crippen MR) is 136 cm³/mol. The second-order valence-electron chi connectivity index (χ2n) is 8.05. The second kappa shape index (κ2) is 11.2. The number of carbonyl (C=O) groups excluding carboxylic acids is 2. The number of esters is 1. The number of aliphatic imine (C=N–C) groups is 1. The van der Waals surface area contributed by atoms with Crippen LogP contribution in [0.3, 0.4) is 0 Å². The number of carbonyl (C=O) groups is 2. The maximum absolute atomic E-state index is 12.9. The normalized spacial score (nSPS) is 16.7. The fraction of sp³-hybridized carbons (Fsp3) is 0.280. The first-order valence-electron chi connectivity index (χ1n) is 11.4. The first kappa shape index (κ1) is 25.1. The molecule has 2 aromatic rings. The number of aromatic nitrogens is 1. The van der Waals surface area contributed by atoms with Gasteiger partial charge in [0.2, 0.25) is 5.91 Å². The number of thioether (sulfide) groups is 1. The molecule has 11 heteroatoms. The van der Waals surface area contributed by atoms with Crippen LogP contribution in [0.4, 0.5) is 5.69 Å². The lowest BCUT2D eigenvalue weighted by molar-refractivity contribution is -0.384. The van der Waals surface area contributed by atoms with Crippen molar-refractivity contribution < 1.29 is 19.2 Å². The van der Waals surface area contributed by atoms with E-state index in [1.54, 1.807) is 18.3 Å². The Balaban J connectivity index is 1.59. The van der Waals surface area contributed by atoms with Crippen LogP contribution >= 0.6 is 11.8 Å². The minimum absolute atomic E-state index is 0.0541. The van der Waals surface area contributed by atoms with Crippen LogP contribution < -0.4 is 5.32 Å². The van der Waals surface area contributed by atoms with Crippen molar-refractivity contribution >= 4 is 34.5 Å². The number of rotatable bonds is 9. The molecular weight excluding hydrogens is 482 g/mol. The highest BCUT2D eigenvalue weighted by Crippen LogP contribution is 2.45. The van der Waals surface area contributed by atoms with Crippen molar-refractivity contribution in [2.75, 3.05) is 13.7 Å². The van der Waals surface area contributed by atoms with Gasteiger partial charge >= 0.3 is 5.97 Å². The number of pyridine rings is 1. The highest BCUT2D eigenvalue weighted by Gasteiger charge is 2.41. The van der Waals surface area contributed by atoms with E-state index in [1.807, 2.05) is 35.4 Å². The fourth-order valence-corrected chi connectivity index (χ4v) is 5.05. The fourth-order valence-electron chi connectivity index (χ4n) is 4.11. The Morgan fingerprint density at radius 1 is 1.22 bits per heavy atom. The lowest BCUT2D eigenvalue weighted by Gasteiger charge is -2.36.